The number of benzene rings is 2. The molecule has 0 spiro atoms. The molecule has 6 N–H and O–H groups in total. The molecule has 2 amide bonds. The van der Waals surface area contributed by atoms with Crippen LogP contribution in [0.1, 0.15) is 23.1 Å². The molecule has 0 aliphatic heterocycles. The number of carbonyl (C=O) groups excluding carboxylic acids is 1. The third kappa shape index (κ3) is 6.85. The number of hydrogen-bond donors (Lipinski definition) is 5. The fraction of sp³-hybridized carbons (Fsp3) is 0.261. The van der Waals surface area contributed by atoms with Crippen molar-refractivity contribution in [1.82, 2.24) is 20.6 Å². The summed E-state index contributed by atoms with van der Waals surface area (Å²) in [6.45, 7) is 3.78. The number of rotatable bonds is 9. The summed E-state index contributed by atoms with van der Waals surface area (Å²) in [7, 11) is 0. The summed E-state index contributed by atoms with van der Waals surface area (Å²) in [5.74, 6) is -0.450. The topological polar surface area (TPSA) is 125 Å². The highest BCUT2D eigenvalue weighted by Crippen LogP contribution is 2.19. The number of urea groups is 1. The Bertz CT molecular complexity index is 1180. The number of aromatic nitrogens is 2. The van der Waals surface area contributed by atoms with Gasteiger partial charge < -0.3 is 21.4 Å². The number of carbonyl (C=O) groups is 1. The highest BCUT2D eigenvalue weighted by Gasteiger charge is 2.11. The Morgan fingerprint density at radius 3 is 2.73 bits per heavy atom. The molecule has 0 bridgehead atoms. The SMILES string of the molecule is Cc1ccc(CNC(=O)Nc2nc(=O)c(-c3ccc(CNCCCN)c(F)c3)c[nH]2)cc1Cl. The number of nitrogens with zero attached hydrogens (tertiary/aromatic N) is 1. The van der Waals surface area contributed by atoms with Crippen molar-refractivity contribution in [2.45, 2.75) is 26.4 Å². The lowest BCUT2D eigenvalue weighted by atomic mass is 10.1. The number of nitrogens with two attached hydrogens (primary N) is 1. The molecule has 0 fully saturated rings. The number of anilines is 1. The minimum Gasteiger partial charge on any atom is -0.334 e. The molecule has 0 saturated carbocycles. The second-order valence-electron chi connectivity index (χ2n) is 7.48. The Hall–Kier alpha value is -3.27. The first-order valence-corrected chi connectivity index (χ1v) is 10.8. The second kappa shape index (κ2) is 11.6. The molecule has 1 heterocycles. The smallest absolute Gasteiger partial charge is 0.321 e. The molecule has 0 aliphatic carbocycles. The number of hydrogen-bond acceptors (Lipinski definition) is 5. The van der Waals surface area contributed by atoms with E-state index >= 15 is 0 Å². The van der Waals surface area contributed by atoms with Gasteiger partial charge in [0.25, 0.3) is 5.56 Å². The summed E-state index contributed by atoms with van der Waals surface area (Å²) in [6.07, 6.45) is 2.19. The molecule has 0 radical (unpaired) electrons. The lowest BCUT2D eigenvalue weighted by Gasteiger charge is -2.09. The lowest BCUT2D eigenvalue weighted by Crippen LogP contribution is -2.30. The van der Waals surface area contributed by atoms with Gasteiger partial charge in [-0.2, -0.15) is 4.98 Å². The van der Waals surface area contributed by atoms with Crippen LogP contribution in [0.25, 0.3) is 11.1 Å². The van der Waals surface area contributed by atoms with Crippen LogP contribution in [0, 0.1) is 12.7 Å². The van der Waals surface area contributed by atoms with Gasteiger partial charge in [-0.15, -0.1) is 0 Å². The molecule has 174 valence electrons. The van der Waals surface area contributed by atoms with E-state index in [1.807, 2.05) is 19.1 Å². The van der Waals surface area contributed by atoms with Gasteiger partial charge in [0.15, 0.2) is 0 Å². The van der Waals surface area contributed by atoms with Crippen LogP contribution < -0.4 is 27.2 Å². The van der Waals surface area contributed by atoms with E-state index < -0.39 is 17.4 Å². The number of nitrogens with one attached hydrogen (secondary N) is 4. The second-order valence-corrected chi connectivity index (χ2v) is 7.89. The summed E-state index contributed by atoms with van der Waals surface area (Å²) in [5, 5.41) is 8.86. The van der Waals surface area contributed by atoms with E-state index in [0.29, 0.717) is 35.8 Å². The molecule has 3 rings (SSSR count). The van der Waals surface area contributed by atoms with E-state index in [9.17, 15) is 14.0 Å². The van der Waals surface area contributed by atoms with Crippen molar-refractivity contribution in [2.75, 3.05) is 18.4 Å². The van der Waals surface area contributed by atoms with E-state index in [0.717, 1.165) is 17.5 Å². The maximum Gasteiger partial charge on any atom is 0.321 e. The van der Waals surface area contributed by atoms with Crippen molar-refractivity contribution >= 4 is 23.6 Å². The Morgan fingerprint density at radius 2 is 2.03 bits per heavy atom. The molecule has 1 aromatic heterocycles. The summed E-state index contributed by atoms with van der Waals surface area (Å²) in [4.78, 5) is 31.2. The van der Waals surface area contributed by atoms with Crippen LogP contribution in [0.2, 0.25) is 5.02 Å². The number of aryl methyl sites for hydroxylation is 1. The molecule has 8 nitrogen and oxygen atoms in total. The van der Waals surface area contributed by atoms with Gasteiger partial charge in [-0.1, -0.05) is 35.9 Å². The quantitative estimate of drug-likeness (QED) is 0.305. The summed E-state index contributed by atoms with van der Waals surface area (Å²) in [6, 6.07) is 9.52. The standard InChI is InChI=1S/C23H26ClFN6O2/c1-14-3-4-15(9-19(14)24)11-29-23(33)31-22-28-13-18(21(32)30-22)16-5-6-17(20(25)10-16)12-27-8-2-7-26/h3-6,9-10,13,27H,2,7-8,11-12,26H2,1H3,(H3,28,29,30,31,32,33). The minimum atomic E-state index is -0.595. The average Bonchev–Trinajstić information content (AvgIpc) is 2.78. The normalized spacial score (nSPS) is 10.8. The number of aromatic amines is 1. The lowest BCUT2D eigenvalue weighted by molar-refractivity contribution is 0.251. The Morgan fingerprint density at radius 1 is 1.21 bits per heavy atom. The molecule has 0 atom stereocenters. The Balaban J connectivity index is 1.61. The van der Waals surface area contributed by atoms with Crippen LogP contribution in [-0.4, -0.2) is 29.1 Å². The van der Waals surface area contributed by atoms with Crippen molar-refractivity contribution in [1.29, 1.82) is 0 Å². The molecule has 0 aliphatic rings. The van der Waals surface area contributed by atoms with E-state index in [4.69, 9.17) is 17.3 Å². The van der Waals surface area contributed by atoms with E-state index in [2.05, 4.69) is 25.9 Å². The van der Waals surface area contributed by atoms with Crippen molar-refractivity contribution in [2.24, 2.45) is 5.73 Å². The van der Waals surface area contributed by atoms with E-state index in [-0.39, 0.29) is 18.1 Å². The first-order chi connectivity index (χ1) is 15.9. The van der Waals surface area contributed by atoms with Crippen LogP contribution in [0.3, 0.4) is 0 Å². The van der Waals surface area contributed by atoms with Gasteiger partial charge in [-0.05, 0) is 55.3 Å². The zero-order valence-electron chi connectivity index (χ0n) is 18.2. The van der Waals surface area contributed by atoms with Crippen molar-refractivity contribution in [3.05, 3.63) is 80.5 Å². The fourth-order valence-corrected chi connectivity index (χ4v) is 3.26. The van der Waals surface area contributed by atoms with Gasteiger partial charge in [-0.3, -0.25) is 10.1 Å². The number of amides is 2. The van der Waals surface area contributed by atoms with Gasteiger partial charge in [0, 0.05) is 29.9 Å². The van der Waals surface area contributed by atoms with Gasteiger partial charge >= 0.3 is 6.03 Å². The average molecular weight is 473 g/mol. The molecule has 10 heteroatoms. The van der Waals surface area contributed by atoms with Crippen molar-refractivity contribution < 1.29 is 9.18 Å². The highest BCUT2D eigenvalue weighted by atomic mass is 35.5. The fourth-order valence-electron chi connectivity index (χ4n) is 3.06. The first-order valence-electron chi connectivity index (χ1n) is 10.5. The van der Waals surface area contributed by atoms with E-state index in [1.54, 1.807) is 18.2 Å². The zero-order chi connectivity index (χ0) is 23.8. The largest absolute Gasteiger partial charge is 0.334 e. The zero-order valence-corrected chi connectivity index (χ0v) is 18.9. The van der Waals surface area contributed by atoms with Crippen LogP contribution in [0.4, 0.5) is 15.1 Å². The van der Waals surface area contributed by atoms with Crippen LogP contribution in [-0.2, 0) is 13.1 Å². The van der Waals surface area contributed by atoms with Crippen molar-refractivity contribution in [3.63, 3.8) is 0 Å². The summed E-state index contributed by atoms with van der Waals surface area (Å²) >= 11 is 6.09. The molecule has 0 unspecified atom stereocenters. The van der Waals surface area contributed by atoms with E-state index in [1.165, 1.54) is 12.3 Å². The summed E-state index contributed by atoms with van der Waals surface area (Å²) < 4.78 is 14.4. The van der Waals surface area contributed by atoms with Crippen LogP contribution >= 0.6 is 11.6 Å². The maximum atomic E-state index is 14.4. The minimum absolute atomic E-state index is 0.0237. The third-order valence-electron chi connectivity index (χ3n) is 4.96. The molecule has 33 heavy (non-hydrogen) atoms. The maximum absolute atomic E-state index is 14.4. The van der Waals surface area contributed by atoms with Gasteiger partial charge in [0.05, 0.1) is 5.56 Å². The Kier molecular flexibility index (Phi) is 8.53. The molecular formula is C23H26ClFN6O2. The third-order valence-corrected chi connectivity index (χ3v) is 5.36. The number of halogens is 2. The molecular weight excluding hydrogens is 447 g/mol. The van der Waals surface area contributed by atoms with Gasteiger partial charge in [-0.25, -0.2) is 9.18 Å². The molecule has 2 aromatic carbocycles. The molecule has 0 saturated heterocycles. The van der Waals surface area contributed by atoms with Gasteiger partial charge in [0.2, 0.25) is 5.95 Å². The van der Waals surface area contributed by atoms with Crippen LogP contribution in [0.5, 0.6) is 0 Å². The number of H-pyrrole nitrogens is 1. The van der Waals surface area contributed by atoms with Crippen LogP contribution in [0.15, 0.2) is 47.4 Å². The Labute approximate surface area is 195 Å². The molecule has 3 aromatic rings. The summed E-state index contributed by atoms with van der Waals surface area (Å²) in [5.41, 5.74) is 7.69. The predicted octanol–water partition coefficient (Wildman–Crippen LogP) is 3.30. The van der Waals surface area contributed by atoms with Crippen molar-refractivity contribution in [3.8, 4) is 11.1 Å². The highest BCUT2D eigenvalue weighted by molar-refractivity contribution is 6.31. The first kappa shape index (κ1) is 24.4. The predicted molar refractivity (Wildman–Crippen MR) is 128 cm³/mol. The monoisotopic (exact) mass is 472 g/mol. The van der Waals surface area contributed by atoms with Gasteiger partial charge in [0.1, 0.15) is 5.82 Å².